The molecule has 0 aromatic heterocycles. The Hall–Kier alpha value is -4.94. The van der Waals surface area contributed by atoms with Crippen molar-refractivity contribution in [3.8, 4) is 44.5 Å². The maximum atomic E-state index is 2.62. The van der Waals surface area contributed by atoms with Crippen molar-refractivity contribution in [2.45, 2.75) is 89.9 Å². The highest BCUT2D eigenvalue weighted by atomic mass is 14.4. The van der Waals surface area contributed by atoms with Crippen LogP contribution in [-0.2, 0) is 36.5 Å². The van der Waals surface area contributed by atoms with E-state index in [9.17, 15) is 0 Å². The Morgan fingerprint density at radius 3 is 1.10 bits per heavy atom. The molecular formula is C52H46. The normalized spacial score (nSPS) is 17.3. The van der Waals surface area contributed by atoms with Crippen LogP contribution >= 0.6 is 0 Å². The smallest absolute Gasteiger partial charge is 0.0159 e. The fourth-order valence-electron chi connectivity index (χ4n) is 11.4. The lowest BCUT2D eigenvalue weighted by Crippen LogP contribution is -2.17. The standard InChI is InChI=1S/C52H46/c1-51(2)41-27-15-13-25-39(41)47-43(51)29-31-17-5-7-19-33(31)49(47)45-35-21-9-11-23-37(35)46(38-24-12-10-22-36(38)45)50-34-20-8-6-18-32(34)30-44-48(50)40-26-14-16-28-42(40)52(44,3)4/h9-16,21-30H,5-8,17-20H2,1-4H3. The van der Waals surface area contributed by atoms with Crippen LogP contribution in [0.2, 0.25) is 0 Å². The van der Waals surface area contributed by atoms with E-state index in [1.807, 2.05) is 0 Å². The lowest BCUT2D eigenvalue weighted by Gasteiger charge is -2.30. The molecule has 0 unspecified atom stereocenters. The lowest BCUT2D eigenvalue weighted by atomic mass is 9.73. The molecule has 52 heavy (non-hydrogen) atoms. The summed E-state index contributed by atoms with van der Waals surface area (Å²) >= 11 is 0. The van der Waals surface area contributed by atoms with Gasteiger partial charge < -0.3 is 0 Å². The highest BCUT2D eigenvalue weighted by Gasteiger charge is 2.41. The van der Waals surface area contributed by atoms with Crippen molar-refractivity contribution in [2.75, 3.05) is 0 Å². The second-order valence-electron chi connectivity index (χ2n) is 17.2. The first-order chi connectivity index (χ1) is 25.4. The van der Waals surface area contributed by atoms with Gasteiger partial charge in [0, 0.05) is 10.8 Å². The maximum absolute atomic E-state index is 2.62. The molecule has 254 valence electrons. The third-order valence-electron chi connectivity index (χ3n) is 13.8. The molecule has 0 heterocycles. The second kappa shape index (κ2) is 10.8. The van der Waals surface area contributed by atoms with Crippen molar-refractivity contribution in [1.82, 2.24) is 0 Å². The van der Waals surface area contributed by atoms with Gasteiger partial charge in [0.1, 0.15) is 0 Å². The molecule has 4 aliphatic rings. The van der Waals surface area contributed by atoms with Gasteiger partial charge in [-0.1, -0.05) is 137 Å². The number of aryl methyl sites for hydroxylation is 2. The zero-order chi connectivity index (χ0) is 34.9. The topological polar surface area (TPSA) is 0 Å². The van der Waals surface area contributed by atoms with Crippen molar-refractivity contribution in [1.29, 1.82) is 0 Å². The molecule has 0 atom stereocenters. The van der Waals surface area contributed by atoms with Crippen LogP contribution in [0.15, 0.2) is 109 Å². The summed E-state index contributed by atoms with van der Waals surface area (Å²) in [5.74, 6) is 0. The van der Waals surface area contributed by atoms with Gasteiger partial charge in [0.2, 0.25) is 0 Å². The van der Waals surface area contributed by atoms with E-state index in [2.05, 4.69) is 137 Å². The summed E-state index contributed by atoms with van der Waals surface area (Å²) in [4.78, 5) is 0. The number of rotatable bonds is 2. The van der Waals surface area contributed by atoms with Gasteiger partial charge in [-0.3, -0.25) is 0 Å². The Labute approximate surface area is 308 Å². The molecule has 0 spiro atoms. The predicted octanol–water partition coefficient (Wildman–Crippen LogP) is 13.7. The fraction of sp³-hybridized carbons (Fsp3) is 0.269. The highest BCUT2D eigenvalue weighted by Crippen LogP contribution is 2.59. The average Bonchev–Trinajstić information content (AvgIpc) is 3.55. The Morgan fingerprint density at radius 1 is 0.346 bits per heavy atom. The molecule has 0 heteroatoms. The van der Waals surface area contributed by atoms with Crippen LogP contribution in [0.3, 0.4) is 0 Å². The van der Waals surface area contributed by atoms with Crippen molar-refractivity contribution in [2.24, 2.45) is 0 Å². The Balaban J connectivity index is 1.33. The monoisotopic (exact) mass is 670 g/mol. The van der Waals surface area contributed by atoms with Crippen LogP contribution in [0.4, 0.5) is 0 Å². The summed E-state index contributed by atoms with van der Waals surface area (Å²) in [6.45, 7) is 9.81. The van der Waals surface area contributed by atoms with E-state index < -0.39 is 0 Å². The molecule has 0 radical (unpaired) electrons. The van der Waals surface area contributed by atoms with Crippen LogP contribution in [0.25, 0.3) is 66.1 Å². The number of hydrogen-bond acceptors (Lipinski definition) is 0. The van der Waals surface area contributed by atoms with Gasteiger partial charge in [0.05, 0.1) is 0 Å². The molecule has 11 rings (SSSR count). The van der Waals surface area contributed by atoms with Crippen LogP contribution in [-0.4, -0.2) is 0 Å². The summed E-state index contributed by atoms with van der Waals surface area (Å²) in [5.41, 5.74) is 23.9. The Kier molecular flexibility index (Phi) is 6.37. The van der Waals surface area contributed by atoms with Crippen LogP contribution in [0.5, 0.6) is 0 Å². The SMILES string of the molecule is CC1(C)c2ccccc2-c2c1cc1c(c2-c2c3ccccc3c(-c3c4c(cc5c3-c3ccccc3C5(C)C)CCCC4)c3ccccc23)CCCC1. The Bertz CT molecular complexity index is 2440. The number of fused-ring (bicyclic) bond motifs is 10. The number of hydrogen-bond donors (Lipinski definition) is 0. The fourth-order valence-corrected chi connectivity index (χ4v) is 11.4. The van der Waals surface area contributed by atoms with Crippen LogP contribution in [0, 0.1) is 0 Å². The van der Waals surface area contributed by atoms with Gasteiger partial charge in [-0.15, -0.1) is 0 Å². The van der Waals surface area contributed by atoms with Gasteiger partial charge in [-0.2, -0.15) is 0 Å². The summed E-state index contributed by atoms with van der Waals surface area (Å²) in [5, 5.41) is 5.58. The van der Waals surface area contributed by atoms with Crippen molar-refractivity contribution >= 4 is 21.5 Å². The van der Waals surface area contributed by atoms with E-state index >= 15 is 0 Å². The third kappa shape index (κ3) is 3.94. The van der Waals surface area contributed by atoms with E-state index in [0.717, 1.165) is 12.8 Å². The van der Waals surface area contributed by atoms with Crippen LogP contribution in [0.1, 0.15) is 97.9 Å². The molecule has 0 saturated carbocycles. The van der Waals surface area contributed by atoms with Crippen LogP contribution < -0.4 is 0 Å². The molecule has 0 N–H and O–H groups in total. The Morgan fingerprint density at radius 2 is 0.692 bits per heavy atom. The summed E-state index contributed by atoms with van der Waals surface area (Å²) in [7, 11) is 0. The largest absolute Gasteiger partial charge is 0.0619 e. The molecule has 7 aromatic rings. The van der Waals surface area contributed by atoms with Gasteiger partial charge >= 0.3 is 0 Å². The minimum atomic E-state index is -0.0391. The summed E-state index contributed by atoms with van der Waals surface area (Å²) < 4.78 is 0. The first-order valence-corrected chi connectivity index (χ1v) is 19.9. The molecule has 0 nitrogen and oxygen atoms in total. The van der Waals surface area contributed by atoms with E-state index in [-0.39, 0.29) is 10.8 Å². The van der Waals surface area contributed by atoms with E-state index in [0.29, 0.717) is 0 Å². The molecule has 7 aromatic carbocycles. The highest BCUT2D eigenvalue weighted by molar-refractivity contribution is 6.24. The average molecular weight is 671 g/mol. The van der Waals surface area contributed by atoms with E-state index in [4.69, 9.17) is 0 Å². The van der Waals surface area contributed by atoms with E-state index in [1.54, 1.807) is 22.3 Å². The van der Waals surface area contributed by atoms with E-state index in [1.165, 1.54) is 127 Å². The quantitative estimate of drug-likeness (QED) is 0.161. The van der Waals surface area contributed by atoms with Gasteiger partial charge in [0.25, 0.3) is 0 Å². The van der Waals surface area contributed by atoms with Crippen molar-refractivity contribution in [3.63, 3.8) is 0 Å². The first kappa shape index (κ1) is 30.7. The number of benzene rings is 7. The molecule has 0 saturated heterocycles. The molecular weight excluding hydrogens is 625 g/mol. The zero-order valence-electron chi connectivity index (χ0n) is 31.0. The molecule has 0 aliphatic heterocycles. The van der Waals surface area contributed by atoms with Gasteiger partial charge in [-0.05, 0) is 162 Å². The summed E-state index contributed by atoms with van der Waals surface area (Å²) in [6, 6.07) is 42.8. The van der Waals surface area contributed by atoms with Crippen molar-refractivity contribution < 1.29 is 0 Å². The second-order valence-corrected chi connectivity index (χ2v) is 17.2. The maximum Gasteiger partial charge on any atom is 0.0159 e. The van der Waals surface area contributed by atoms with Crippen molar-refractivity contribution in [3.05, 3.63) is 154 Å². The first-order valence-electron chi connectivity index (χ1n) is 19.9. The van der Waals surface area contributed by atoms with Gasteiger partial charge in [-0.25, -0.2) is 0 Å². The minimum Gasteiger partial charge on any atom is -0.0619 e. The molecule has 4 aliphatic carbocycles. The minimum absolute atomic E-state index is 0.0391. The summed E-state index contributed by atoms with van der Waals surface area (Å²) in [6.07, 6.45) is 9.72. The molecule has 0 bridgehead atoms. The molecule has 0 amide bonds. The molecule has 0 fully saturated rings. The lowest BCUT2D eigenvalue weighted by molar-refractivity contribution is 0.649. The third-order valence-corrected chi connectivity index (χ3v) is 13.8. The predicted molar refractivity (Wildman–Crippen MR) is 221 cm³/mol. The zero-order valence-corrected chi connectivity index (χ0v) is 31.0. The van der Waals surface area contributed by atoms with Gasteiger partial charge in [0.15, 0.2) is 0 Å².